The summed E-state index contributed by atoms with van der Waals surface area (Å²) in [7, 11) is 0. The van der Waals surface area contributed by atoms with E-state index in [-0.39, 0.29) is 12.2 Å². The quantitative estimate of drug-likeness (QED) is 0.619. The lowest BCUT2D eigenvalue weighted by Gasteiger charge is -2.07. The minimum Gasteiger partial charge on any atom is -0.507 e. The maximum absolute atomic E-state index is 11.5. The zero-order valence-electron chi connectivity index (χ0n) is 12.6. The number of carbonyl (C=O) groups is 1. The Morgan fingerprint density at radius 1 is 1.29 bits per heavy atom. The number of hydrogen-bond donors (Lipinski definition) is 3. The topological polar surface area (TPSA) is 85.7 Å². The Kier molecular flexibility index (Phi) is 4.53. The summed E-state index contributed by atoms with van der Waals surface area (Å²) in [5.41, 5.74) is 2.21. The first kappa shape index (κ1) is 16.1. The number of carboxylic acids is 1. The molecule has 0 bridgehead atoms. The van der Waals surface area contributed by atoms with Gasteiger partial charge in [0.05, 0.1) is 0 Å². The van der Waals surface area contributed by atoms with Crippen molar-refractivity contribution in [3.63, 3.8) is 0 Å². The van der Waals surface area contributed by atoms with Crippen LogP contribution in [-0.2, 0) is 11.2 Å². The molecule has 3 rings (SSSR count). The Hall–Kier alpha value is -2.79. The van der Waals surface area contributed by atoms with Crippen molar-refractivity contribution in [1.82, 2.24) is 4.98 Å². The summed E-state index contributed by atoms with van der Waals surface area (Å²) in [5.74, 6) is -1.03. The van der Waals surface area contributed by atoms with Crippen LogP contribution in [0.2, 0.25) is 5.02 Å². The third-order valence-corrected chi connectivity index (χ3v) is 3.99. The number of nitrogens with one attached hydrogen (secondary N) is 1. The number of H-pyrrole nitrogens is 1. The third-order valence-electron chi connectivity index (χ3n) is 3.76. The maximum Gasteiger partial charge on any atom is 0.328 e. The average Bonchev–Trinajstić information content (AvgIpc) is 2.97. The highest BCUT2D eigenvalue weighted by molar-refractivity contribution is 6.30. The van der Waals surface area contributed by atoms with Gasteiger partial charge in [-0.25, -0.2) is 4.79 Å². The molecule has 0 amide bonds. The third kappa shape index (κ3) is 3.41. The van der Waals surface area contributed by atoms with Gasteiger partial charge in [0.15, 0.2) is 6.04 Å². The number of phenols is 1. The molecule has 0 saturated carbocycles. The molecule has 1 aromatic heterocycles. The van der Waals surface area contributed by atoms with Crippen LogP contribution in [0.5, 0.6) is 5.75 Å². The molecule has 0 aliphatic heterocycles. The molecule has 24 heavy (non-hydrogen) atoms. The van der Waals surface area contributed by atoms with E-state index >= 15 is 0 Å². The van der Waals surface area contributed by atoms with E-state index in [1.54, 1.807) is 12.3 Å². The van der Waals surface area contributed by atoms with Crippen LogP contribution in [0, 0.1) is 0 Å². The number of para-hydroxylation sites is 1. The van der Waals surface area contributed by atoms with Crippen molar-refractivity contribution in [2.45, 2.75) is 12.5 Å². The molecule has 0 spiro atoms. The van der Waals surface area contributed by atoms with E-state index in [1.807, 2.05) is 24.3 Å². The second-order valence-electron chi connectivity index (χ2n) is 5.40. The van der Waals surface area contributed by atoms with Gasteiger partial charge < -0.3 is 15.2 Å². The van der Waals surface area contributed by atoms with Gasteiger partial charge in [-0.3, -0.25) is 4.99 Å². The lowest BCUT2D eigenvalue weighted by molar-refractivity contribution is -0.138. The van der Waals surface area contributed by atoms with Crippen molar-refractivity contribution in [3.05, 3.63) is 64.8 Å². The van der Waals surface area contributed by atoms with Crippen LogP contribution in [0.15, 0.2) is 53.7 Å². The van der Waals surface area contributed by atoms with Crippen LogP contribution >= 0.6 is 11.6 Å². The van der Waals surface area contributed by atoms with E-state index in [0.717, 1.165) is 16.5 Å². The number of aromatic amines is 1. The fourth-order valence-corrected chi connectivity index (χ4v) is 2.69. The van der Waals surface area contributed by atoms with E-state index in [0.29, 0.717) is 10.6 Å². The maximum atomic E-state index is 11.5. The number of aliphatic imine (C=N–C) groups is 1. The number of carboxylic acid groups (broad SMARTS) is 1. The second kappa shape index (κ2) is 6.76. The number of rotatable bonds is 5. The number of phenolic OH excluding ortho intramolecular Hbond substituents is 1. The molecule has 1 heterocycles. The first-order valence-corrected chi connectivity index (χ1v) is 7.72. The summed E-state index contributed by atoms with van der Waals surface area (Å²) in [6.07, 6.45) is 3.39. The van der Waals surface area contributed by atoms with Gasteiger partial charge in [0, 0.05) is 40.3 Å². The van der Waals surface area contributed by atoms with E-state index in [9.17, 15) is 15.0 Å². The Morgan fingerprint density at radius 2 is 2.08 bits per heavy atom. The van der Waals surface area contributed by atoms with Crippen molar-refractivity contribution in [2.75, 3.05) is 0 Å². The smallest absolute Gasteiger partial charge is 0.328 e. The monoisotopic (exact) mass is 342 g/mol. The second-order valence-corrected chi connectivity index (χ2v) is 5.84. The van der Waals surface area contributed by atoms with Crippen LogP contribution in [0.25, 0.3) is 10.9 Å². The number of aromatic nitrogens is 1. The molecule has 0 aliphatic carbocycles. The van der Waals surface area contributed by atoms with Crippen molar-refractivity contribution in [3.8, 4) is 5.75 Å². The molecule has 0 radical (unpaired) electrons. The first-order valence-electron chi connectivity index (χ1n) is 7.34. The van der Waals surface area contributed by atoms with Gasteiger partial charge in [0.25, 0.3) is 0 Å². The largest absolute Gasteiger partial charge is 0.507 e. The number of hydrogen-bond acceptors (Lipinski definition) is 3. The molecule has 3 aromatic rings. The van der Waals surface area contributed by atoms with E-state index in [2.05, 4.69) is 9.98 Å². The summed E-state index contributed by atoms with van der Waals surface area (Å²) < 4.78 is 0. The van der Waals surface area contributed by atoms with Crippen LogP contribution in [0.4, 0.5) is 0 Å². The number of benzene rings is 2. The number of nitrogens with zero attached hydrogens (tertiary/aromatic N) is 1. The Morgan fingerprint density at radius 3 is 2.88 bits per heavy atom. The van der Waals surface area contributed by atoms with E-state index < -0.39 is 12.0 Å². The number of aromatic hydroxyl groups is 1. The molecule has 0 aliphatic rings. The molecule has 122 valence electrons. The highest BCUT2D eigenvalue weighted by Crippen LogP contribution is 2.22. The predicted molar refractivity (Wildman–Crippen MR) is 94.1 cm³/mol. The Bertz CT molecular complexity index is 918. The molecule has 0 unspecified atom stereocenters. The van der Waals surface area contributed by atoms with Gasteiger partial charge >= 0.3 is 5.97 Å². The average molecular weight is 343 g/mol. The predicted octanol–water partition coefficient (Wildman–Crippen LogP) is 3.64. The van der Waals surface area contributed by atoms with E-state index in [4.69, 9.17) is 11.6 Å². The summed E-state index contributed by atoms with van der Waals surface area (Å²) in [6.45, 7) is 0. The van der Waals surface area contributed by atoms with Crippen LogP contribution in [0.3, 0.4) is 0 Å². The first-order chi connectivity index (χ1) is 11.5. The zero-order chi connectivity index (χ0) is 17.1. The normalized spacial score (nSPS) is 12.7. The molecule has 2 aromatic carbocycles. The van der Waals surface area contributed by atoms with Crippen molar-refractivity contribution >= 4 is 34.7 Å². The molecule has 3 N–H and O–H groups in total. The Balaban J connectivity index is 1.86. The highest BCUT2D eigenvalue weighted by Gasteiger charge is 2.18. The minimum atomic E-state index is -1.03. The molecule has 0 fully saturated rings. The number of aliphatic carboxylic acids is 1. The summed E-state index contributed by atoms with van der Waals surface area (Å²) in [5, 5.41) is 20.6. The molecule has 5 nitrogen and oxygen atoms in total. The molecule has 1 atom stereocenters. The fourth-order valence-electron chi connectivity index (χ4n) is 2.51. The zero-order valence-corrected chi connectivity index (χ0v) is 13.4. The lowest BCUT2D eigenvalue weighted by Crippen LogP contribution is -2.20. The molecule has 0 saturated heterocycles. The van der Waals surface area contributed by atoms with Gasteiger partial charge in [-0.1, -0.05) is 29.8 Å². The van der Waals surface area contributed by atoms with Gasteiger partial charge in [-0.15, -0.1) is 0 Å². The van der Waals surface area contributed by atoms with Gasteiger partial charge in [0.2, 0.25) is 0 Å². The number of halogens is 1. The lowest BCUT2D eigenvalue weighted by atomic mass is 10.1. The van der Waals surface area contributed by atoms with Gasteiger partial charge in [-0.05, 0) is 29.8 Å². The summed E-state index contributed by atoms with van der Waals surface area (Å²) in [4.78, 5) is 18.8. The van der Waals surface area contributed by atoms with Crippen LogP contribution in [-0.4, -0.2) is 33.4 Å². The van der Waals surface area contributed by atoms with Crippen molar-refractivity contribution < 1.29 is 15.0 Å². The summed E-state index contributed by atoms with van der Waals surface area (Å²) >= 11 is 5.88. The molecular weight excluding hydrogens is 328 g/mol. The van der Waals surface area contributed by atoms with Gasteiger partial charge in [0.1, 0.15) is 5.75 Å². The Labute approximate surface area is 143 Å². The molecular formula is C18H15ClN2O3. The van der Waals surface area contributed by atoms with E-state index in [1.165, 1.54) is 18.3 Å². The number of fused-ring (bicyclic) bond motifs is 1. The minimum absolute atomic E-state index is 0.000571. The summed E-state index contributed by atoms with van der Waals surface area (Å²) in [6, 6.07) is 11.3. The standard InChI is InChI=1S/C18H15ClN2O3/c19-13-5-6-17(22)12(7-13)10-21-16(18(23)24)8-11-9-20-15-4-2-1-3-14(11)15/h1-7,9-10,16,20,22H,8H2,(H,23,24)/t16-/m0/s1. The fraction of sp³-hybridized carbons (Fsp3) is 0.111. The van der Waals surface area contributed by atoms with Crippen LogP contribution < -0.4 is 0 Å². The van der Waals surface area contributed by atoms with Crippen molar-refractivity contribution in [1.29, 1.82) is 0 Å². The highest BCUT2D eigenvalue weighted by atomic mass is 35.5. The van der Waals surface area contributed by atoms with Crippen molar-refractivity contribution in [2.24, 2.45) is 4.99 Å². The van der Waals surface area contributed by atoms with Gasteiger partial charge in [-0.2, -0.15) is 0 Å². The SMILES string of the molecule is O=C(O)[C@H](Cc1c[nH]c2ccccc12)N=Cc1cc(Cl)ccc1O. The molecule has 6 heteroatoms. The van der Waals surface area contributed by atoms with Crippen LogP contribution in [0.1, 0.15) is 11.1 Å².